The summed E-state index contributed by atoms with van der Waals surface area (Å²) in [4.78, 5) is 4.45. The van der Waals surface area contributed by atoms with Crippen LogP contribution >= 0.6 is 23.1 Å². The Morgan fingerprint density at radius 3 is 3.00 bits per heavy atom. The molecule has 0 atom stereocenters. The molecule has 0 unspecified atom stereocenters. The molecule has 3 aromatic rings. The van der Waals surface area contributed by atoms with Crippen molar-refractivity contribution < 1.29 is 4.52 Å². The number of anilines is 1. The number of aromatic nitrogens is 3. The summed E-state index contributed by atoms with van der Waals surface area (Å²) in [5.74, 6) is 1.11. The van der Waals surface area contributed by atoms with E-state index in [2.05, 4.69) is 19.8 Å². The molecule has 21 heavy (non-hydrogen) atoms. The van der Waals surface area contributed by atoms with Crippen molar-refractivity contribution in [3.63, 3.8) is 0 Å². The minimum absolute atomic E-state index is 0.489. The zero-order valence-corrected chi connectivity index (χ0v) is 13.1. The Labute approximate surface area is 131 Å². The van der Waals surface area contributed by atoms with Gasteiger partial charge in [0.25, 0.3) is 5.89 Å². The number of rotatable bonds is 4. The first kappa shape index (κ1) is 14.0. The van der Waals surface area contributed by atoms with E-state index in [1.54, 1.807) is 0 Å². The minimum atomic E-state index is 0.489. The molecule has 0 saturated carbocycles. The summed E-state index contributed by atoms with van der Waals surface area (Å²) >= 11 is 7.36. The number of halogens is 1. The van der Waals surface area contributed by atoms with Crippen molar-refractivity contribution in [2.24, 2.45) is 0 Å². The van der Waals surface area contributed by atoms with Crippen LogP contribution in [0.5, 0.6) is 0 Å². The molecule has 0 aliphatic rings. The van der Waals surface area contributed by atoms with E-state index >= 15 is 0 Å². The van der Waals surface area contributed by atoms with E-state index in [0.29, 0.717) is 23.2 Å². The van der Waals surface area contributed by atoms with Crippen LogP contribution in [0.3, 0.4) is 0 Å². The topological polar surface area (TPSA) is 63.8 Å². The normalized spacial score (nSPS) is 10.8. The summed E-state index contributed by atoms with van der Waals surface area (Å²) < 4.78 is 9.67. The molecule has 3 rings (SSSR count). The first-order chi connectivity index (χ1) is 10.2. The fourth-order valence-corrected chi connectivity index (χ4v) is 3.00. The standard InChI is InChI=1S/C14H13ClN4OS/c1-8-12(14(16-2)21-19-8)13-17-11(18-20-13)7-9-4-3-5-10(15)6-9/h3-6,16H,7H2,1-2H3. The lowest BCUT2D eigenvalue weighted by molar-refractivity contribution is 0.424. The molecule has 2 aromatic heterocycles. The first-order valence-electron chi connectivity index (χ1n) is 6.39. The van der Waals surface area contributed by atoms with E-state index in [-0.39, 0.29) is 0 Å². The van der Waals surface area contributed by atoms with E-state index in [0.717, 1.165) is 21.8 Å². The Kier molecular flexibility index (Phi) is 3.90. The van der Waals surface area contributed by atoms with Crippen molar-refractivity contribution in [2.75, 3.05) is 12.4 Å². The van der Waals surface area contributed by atoms with E-state index in [1.807, 2.05) is 38.2 Å². The number of hydrogen-bond acceptors (Lipinski definition) is 6. The molecule has 2 heterocycles. The van der Waals surface area contributed by atoms with Gasteiger partial charge in [-0.15, -0.1) is 0 Å². The molecule has 0 radical (unpaired) electrons. The lowest BCUT2D eigenvalue weighted by Crippen LogP contribution is -1.92. The zero-order valence-electron chi connectivity index (χ0n) is 11.6. The number of nitrogens with zero attached hydrogens (tertiary/aromatic N) is 3. The van der Waals surface area contributed by atoms with Crippen molar-refractivity contribution in [2.45, 2.75) is 13.3 Å². The highest BCUT2D eigenvalue weighted by atomic mass is 35.5. The highest BCUT2D eigenvalue weighted by molar-refractivity contribution is 7.10. The van der Waals surface area contributed by atoms with Gasteiger partial charge in [-0.05, 0) is 36.2 Å². The Balaban J connectivity index is 1.88. The first-order valence-corrected chi connectivity index (χ1v) is 7.54. The highest BCUT2D eigenvalue weighted by Gasteiger charge is 2.18. The quantitative estimate of drug-likeness (QED) is 0.792. The van der Waals surface area contributed by atoms with E-state index in [1.165, 1.54) is 11.5 Å². The molecule has 5 nitrogen and oxygen atoms in total. The summed E-state index contributed by atoms with van der Waals surface area (Å²) in [7, 11) is 1.85. The van der Waals surface area contributed by atoms with Gasteiger partial charge in [-0.3, -0.25) is 0 Å². The maximum absolute atomic E-state index is 5.98. The third-order valence-corrected chi connectivity index (χ3v) is 4.21. The van der Waals surface area contributed by atoms with Crippen LogP contribution in [0.2, 0.25) is 5.02 Å². The van der Waals surface area contributed by atoms with Crippen LogP contribution in [0, 0.1) is 6.92 Å². The molecule has 0 aliphatic carbocycles. The van der Waals surface area contributed by atoms with E-state index in [4.69, 9.17) is 16.1 Å². The predicted octanol–water partition coefficient (Wildman–Crippen LogP) is 3.79. The van der Waals surface area contributed by atoms with Crippen LogP contribution in [-0.2, 0) is 6.42 Å². The average Bonchev–Trinajstić information content (AvgIpc) is 3.05. The molecule has 1 N–H and O–H groups in total. The van der Waals surface area contributed by atoms with Gasteiger partial charge in [0.15, 0.2) is 5.82 Å². The van der Waals surface area contributed by atoms with E-state index < -0.39 is 0 Å². The van der Waals surface area contributed by atoms with Crippen molar-refractivity contribution >= 4 is 28.1 Å². The van der Waals surface area contributed by atoms with Gasteiger partial charge in [0.2, 0.25) is 0 Å². The van der Waals surface area contributed by atoms with Gasteiger partial charge in [-0.1, -0.05) is 28.9 Å². The second kappa shape index (κ2) is 5.83. The Hall–Kier alpha value is -1.92. The predicted molar refractivity (Wildman–Crippen MR) is 83.9 cm³/mol. The molecule has 7 heteroatoms. The fraction of sp³-hybridized carbons (Fsp3) is 0.214. The second-order valence-electron chi connectivity index (χ2n) is 4.54. The third kappa shape index (κ3) is 2.91. The molecule has 0 saturated heterocycles. The lowest BCUT2D eigenvalue weighted by Gasteiger charge is -1.97. The van der Waals surface area contributed by atoms with Gasteiger partial charge in [0.1, 0.15) is 5.00 Å². The van der Waals surface area contributed by atoms with Gasteiger partial charge in [-0.25, -0.2) is 0 Å². The van der Waals surface area contributed by atoms with Crippen molar-refractivity contribution in [3.8, 4) is 11.5 Å². The van der Waals surface area contributed by atoms with Crippen LogP contribution in [0.1, 0.15) is 17.1 Å². The van der Waals surface area contributed by atoms with E-state index in [9.17, 15) is 0 Å². The van der Waals surface area contributed by atoms with Crippen LogP contribution in [-0.4, -0.2) is 21.6 Å². The minimum Gasteiger partial charge on any atom is -0.378 e. The molecule has 0 fully saturated rings. The van der Waals surface area contributed by atoms with Gasteiger partial charge < -0.3 is 9.84 Å². The van der Waals surface area contributed by atoms with Crippen molar-refractivity contribution in [3.05, 3.63) is 46.4 Å². The van der Waals surface area contributed by atoms with Gasteiger partial charge >= 0.3 is 0 Å². The second-order valence-corrected chi connectivity index (χ2v) is 5.75. The average molecular weight is 321 g/mol. The number of hydrogen-bond donors (Lipinski definition) is 1. The molecule has 0 aliphatic heterocycles. The number of benzene rings is 1. The highest BCUT2D eigenvalue weighted by Crippen LogP contribution is 2.33. The SMILES string of the molecule is CNc1snc(C)c1-c1nc(Cc2cccc(Cl)c2)no1. The fourth-order valence-electron chi connectivity index (χ4n) is 2.05. The molecule has 0 spiro atoms. The molecular formula is C14H13ClN4OS. The largest absolute Gasteiger partial charge is 0.378 e. The molecular weight excluding hydrogens is 308 g/mol. The summed E-state index contributed by atoms with van der Waals surface area (Å²) in [5.41, 5.74) is 2.79. The molecule has 0 bridgehead atoms. The van der Waals surface area contributed by atoms with Crippen LogP contribution < -0.4 is 5.32 Å². The van der Waals surface area contributed by atoms with Crippen LogP contribution in [0.25, 0.3) is 11.5 Å². The smallest absolute Gasteiger partial charge is 0.262 e. The number of nitrogens with one attached hydrogen (secondary N) is 1. The van der Waals surface area contributed by atoms with Crippen LogP contribution in [0.15, 0.2) is 28.8 Å². The Morgan fingerprint density at radius 1 is 1.38 bits per heavy atom. The Bertz CT molecular complexity index is 768. The van der Waals surface area contributed by atoms with Gasteiger partial charge in [-0.2, -0.15) is 9.36 Å². The monoisotopic (exact) mass is 320 g/mol. The molecule has 108 valence electrons. The number of aryl methyl sites for hydroxylation is 1. The molecule has 0 amide bonds. The van der Waals surface area contributed by atoms with Crippen molar-refractivity contribution in [1.29, 1.82) is 0 Å². The summed E-state index contributed by atoms with van der Waals surface area (Å²) in [5, 5.41) is 8.75. The maximum Gasteiger partial charge on any atom is 0.262 e. The van der Waals surface area contributed by atoms with Crippen molar-refractivity contribution in [1.82, 2.24) is 14.5 Å². The maximum atomic E-state index is 5.98. The van der Waals surface area contributed by atoms with Crippen LogP contribution in [0.4, 0.5) is 5.00 Å². The summed E-state index contributed by atoms with van der Waals surface area (Å²) in [6.45, 7) is 1.92. The Morgan fingerprint density at radius 2 is 2.24 bits per heavy atom. The summed E-state index contributed by atoms with van der Waals surface area (Å²) in [6, 6.07) is 7.63. The summed E-state index contributed by atoms with van der Waals surface area (Å²) in [6.07, 6.45) is 0.579. The van der Waals surface area contributed by atoms with Gasteiger partial charge in [0.05, 0.1) is 11.3 Å². The zero-order chi connectivity index (χ0) is 14.8. The molecule has 1 aromatic carbocycles. The third-order valence-electron chi connectivity index (χ3n) is 3.02. The van der Waals surface area contributed by atoms with Gasteiger partial charge in [0, 0.05) is 18.5 Å². The lowest BCUT2D eigenvalue weighted by atomic mass is 10.1.